The SMILES string of the molecule is CCc1nn(C)c(CC)c1CNC(C)(CC)CCO. The van der Waals surface area contributed by atoms with Crippen molar-refractivity contribution in [2.45, 2.75) is 65.5 Å². The number of aryl methyl sites for hydroxylation is 2. The van der Waals surface area contributed by atoms with Gasteiger partial charge in [-0.2, -0.15) is 5.10 Å². The monoisotopic (exact) mass is 267 g/mol. The Kier molecular flexibility index (Phi) is 6.01. The van der Waals surface area contributed by atoms with Crippen LogP contribution in [0.1, 0.15) is 57.5 Å². The fourth-order valence-electron chi connectivity index (χ4n) is 2.53. The average Bonchev–Trinajstić information content (AvgIpc) is 2.72. The van der Waals surface area contributed by atoms with Gasteiger partial charge in [-0.15, -0.1) is 0 Å². The number of aliphatic hydroxyl groups is 1. The topological polar surface area (TPSA) is 50.1 Å². The average molecular weight is 267 g/mol. The third-order valence-electron chi connectivity index (χ3n) is 4.16. The number of aliphatic hydroxyl groups excluding tert-OH is 1. The highest BCUT2D eigenvalue weighted by atomic mass is 16.3. The van der Waals surface area contributed by atoms with E-state index in [1.165, 1.54) is 17.0 Å². The molecule has 0 aliphatic rings. The van der Waals surface area contributed by atoms with Gasteiger partial charge >= 0.3 is 0 Å². The van der Waals surface area contributed by atoms with Crippen LogP contribution in [0.15, 0.2) is 0 Å². The van der Waals surface area contributed by atoms with Crippen molar-refractivity contribution in [2.75, 3.05) is 6.61 Å². The number of rotatable bonds is 8. The van der Waals surface area contributed by atoms with Gasteiger partial charge in [0.05, 0.1) is 5.69 Å². The Bertz CT molecular complexity index is 400. The van der Waals surface area contributed by atoms with Crippen molar-refractivity contribution >= 4 is 0 Å². The lowest BCUT2D eigenvalue weighted by Gasteiger charge is -2.29. The van der Waals surface area contributed by atoms with Crippen LogP contribution >= 0.6 is 0 Å². The third kappa shape index (κ3) is 3.80. The van der Waals surface area contributed by atoms with E-state index >= 15 is 0 Å². The molecule has 1 atom stereocenters. The summed E-state index contributed by atoms with van der Waals surface area (Å²) in [5, 5.41) is 17.4. The normalized spacial score (nSPS) is 14.6. The number of hydrogen-bond donors (Lipinski definition) is 2. The molecule has 4 nitrogen and oxygen atoms in total. The highest BCUT2D eigenvalue weighted by molar-refractivity contribution is 5.26. The molecule has 1 aromatic rings. The van der Waals surface area contributed by atoms with E-state index in [1.807, 2.05) is 11.7 Å². The van der Waals surface area contributed by atoms with Gasteiger partial charge in [-0.25, -0.2) is 0 Å². The molecule has 0 aromatic carbocycles. The highest BCUT2D eigenvalue weighted by Gasteiger charge is 2.22. The summed E-state index contributed by atoms with van der Waals surface area (Å²) >= 11 is 0. The molecule has 0 amide bonds. The van der Waals surface area contributed by atoms with Gasteiger partial charge in [0.1, 0.15) is 0 Å². The largest absolute Gasteiger partial charge is 0.396 e. The van der Waals surface area contributed by atoms with E-state index in [4.69, 9.17) is 0 Å². The first kappa shape index (κ1) is 16.2. The lowest BCUT2D eigenvalue weighted by molar-refractivity contribution is 0.214. The van der Waals surface area contributed by atoms with Gasteiger partial charge in [0.15, 0.2) is 0 Å². The summed E-state index contributed by atoms with van der Waals surface area (Å²) in [6.45, 7) is 9.73. The van der Waals surface area contributed by atoms with Crippen molar-refractivity contribution in [3.63, 3.8) is 0 Å². The van der Waals surface area contributed by atoms with E-state index in [0.29, 0.717) is 0 Å². The van der Waals surface area contributed by atoms with Crippen molar-refractivity contribution in [3.8, 4) is 0 Å². The van der Waals surface area contributed by atoms with Crippen LogP contribution < -0.4 is 5.32 Å². The second-order valence-corrected chi connectivity index (χ2v) is 5.44. The lowest BCUT2D eigenvalue weighted by Crippen LogP contribution is -2.42. The van der Waals surface area contributed by atoms with E-state index in [1.54, 1.807) is 0 Å². The van der Waals surface area contributed by atoms with Gasteiger partial charge in [-0.05, 0) is 32.6 Å². The maximum absolute atomic E-state index is 9.18. The predicted octanol–water partition coefficient (Wildman–Crippen LogP) is 2.19. The Hall–Kier alpha value is -0.870. The molecule has 0 fully saturated rings. The van der Waals surface area contributed by atoms with Crippen molar-refractivity contribution in [3.05, 3.63) is 17.0 Å². The summed E-state index contributed by atoms with van der Waals surface area (Å²) in [6.07, 6.45) is 3.76. The van der Waals surface area contributed by atoms with Gasteiger partial charge in [-0.3, -0.25) is 4.68 Å². The minimum Gasteiger partial charge on any atom is -0.396 e. The van der Waals surface area contributed by atoms with Crippen LogP contribution in [0.5, 0.6) is 0 Å². The molecule has 0 radical (unpaired) electrons. The number of aromatic nitrogens is 2. The third-order valence-corrected chi connectivity index (χ3v) is 4.16. The van der Waals surface area contributed by atoms with Crippen LogP contribution in [0.4, 0.5) is 0 Å². The number of nitrogens with one attached hydrogen (secondary N) is 1. The Balaban J connectivity index is 2.87. The molecular formula is C15H29N3O. The maximum Gasteiger partial charge on any atom is 0.0669 e. The van der Waals surface area contributed by atoms with Crippen molar-refractivity contribution < 1.29 is 5.11 Å². The molecule has 0 bridgehead atoms. The Morgan fingerprint density at radius 3 is 2.42 bits per heavy atom. The van der Waals surface area contributed by atoms with Crippen LogP contribution in [0.3, 0.4) is 0 Å². The van der Waals surface area contributed by atoms with Gasteiger partial charge in [0.25, 0.3) is 0 Å². The van der Waals surface area contributed by atoms with Crippen LogP contribution in [-0.4, -0.2) is 27.0 Å². The summed E-state index contributed by atoms with van der Waals surface area (Å²) in [5.41, 5.74) is 3.84. The predicted molar refractivity (Wildman–Crippen MR) is 79.2 cm³/mol. The summed E-state index contributed by atoms with van der Waals surface area (Å²) in [7, 11) is 2.02. The molecule has 0 saturated heterocycles. The Morgan fingerprint density at radius 1 is 1.26 bits per heavy atom. The summed E-state index contributed by atoms with van der Waals surface area (Å²) in [6, 6.07) is 0. The van der Waals surface area contributed by atoms with E-state index in [0.717, 1.165) is 32.2 Å². The lowest BCUT2D eigenvalue weighted by atomic mass is 9.94. The van der Waals surface area contributed by atoms with E-state index in [9.17, 15) is 5.11 Å². The molecule has 2 N–H and O–H groups in total. The zero-order valence-electron chi connectivity index (χ0n) is 13.1. The molecule has 1 unspecified atom stereocenters. The molecule has 1 heterocycles. The zero-order chi connectivity index (χ0) is 14.5. The summed E-state index contributed by atoms with van der Waals surface area (Å²) in [4.78, 5) is 0. The van der Waals surface area contributed by atoms with Crippen LogP contribution in [0, 0.1) is 0 Å². The second kappa shape index (κ2) is 7.06. The fourth-order valence-corrected chi connectivity index (χ4v) is 2.53. The first-order chi connectivity index (χ1) is 9.01. The first-order valence-corrected chi connectivity index (χ1v) is 7.40. The zero-order valence-corrected chi connectivity index (χ0v) is 13.1. The van der Waals surface area contributed by atoms with Gasteiger partial charge in [-0.1, -0.05) is 20.8 Å². The molecule has 19 heavy (non-hydrogen) atoms. The molecule has 0 aliphatic heterocycles. The minimum atomic E-state index is 0.000609. The smallest absolute Gasteiger partial charge is 0.0669 e. The minimum absolute atomic E-state index is 0.000609. The van der Waals surface area contributed by atoms with Crippen LogP contribution in [-0.2, 0) is 26.4 Å². The molecule has 0 saturated carbocycles. The molecule has 0 aliphatic carbocycles. The molecular weight excluding hydrogens is 238 g/mol. The van der Waals surface area contributed by atoms with E-state index in [2.05, 4.69) is 38.1 Å². The van der Waals surface area contributed by atoms with Gasteiger partial charge < -0.3 is 10.4 Å². The first-order valence-electron chi connectivity index (χ1n) is 7.40. The molecule has 0 spiro atoms. The fraction of sp³-hybridized carbons (Fsp3) is 0.800. The van der Waals surface area contributed by atoms with Crippen LogP contribution in [0.2, 0.25) is 0 Å². The number of nitrogens with zero attached hydrogens (tertiary/aromatic N) is 2. The summed E-state index contributed by atoms with van der Waals surface area (Å²) < 4.78 is 2.01. The van der Waals surface area contributed by atoms with Gasteiger partial charge in [0.2, 0.25) is 0 Å². The van der Waals surface area contributed by atoms with Crippen molar-refractivity contribution in [2.24, 2.45) is 7.05 Å². The van der Waals surface area contributed by atoms with E-state index < -0.39 is 0 Å². The maximum atomic E-state index is 9.18. The summed E-state index contributed by atoms with van der Waals surface area (Å²) in [5.74, 6) is 0. The second-order valence-electron chi connectivity index (χ2n) is 5.44. The van der Waals surface area contributed by atoms with E-state index in [-0.39, 0.29) is 12.1 Å². The highest BCUT2D eigenvalue weighted by Crippen LogP contribution is 2.19. The molecule has 1 aromatic heterocycles. The van der Waals surface area contributed by atoms with Gasteiger partial charge in [0, 0.05) is 37.0 Å². The number of hydrogen-bond acceptors (Lipinski definition) is 3. The molecule has 4 heteroatoms. The molecule has 110 valence electrons. The van der Waals surface area contributed by atoms with Crippen LogP contribution in [0.25, 0.3) is 0 Å². The van der Waals surface area contributed by atoms with Crippen molar-refractivity contribution in [1.82, 2.24) is 15.1 Å². The quantitative estimate of drug-likeness (QED) is 0.759. The standard InChI is InChI=1S/C15H29N3O/c1-6-13-12(14(7-2)18(5)17-13)11-16-15(4,8-3)9-10-19/h16,19H,6-11H2,1-5H3. The Labute approximate surface area is 117 Å². The van der Waals surface area contributed by atoms with Crippen molar-refractivity contribution in [1.29, 1.82) is 0 Å². The Morgan fingerprint density at radius 2 is 1.95 bits per heavy atom. The molecule has 1 rings (SSSR count).